The van der Waals surface area contributed by atoms with Crippen LogP contribution in [0.4, 0.5) is 4.39 Å². The van der Waals surface area contributed by atoms with E-state index in [1.807, 2.05) is 23.7 Å². The lowest BCUT2D eigenvalue weighted by Crippen LogP contribution is -2.40. The SMILES string of the molecule is CC(C)(C)NCC(Cc1nccs1)Cc1ccccc1F. The Bertz CT molecular complexity index is 546. The van der Waals surface area contributed by atoms with Crippen molar-refractivity contribution in [3.8, 4) is 0 Å². The molecule has 0 spiro atoms. The van der Waals surface area contributed by atoms with Gasteiger partial charge in [0.05, 0.1) is 5.01 Å². The van der Waals surface area contributed by atoms with E-state index in [1.54, 1.807) is 17.4 Å². The molecule has 114 valence electrons. The van der Waals surface area contributed by atoms with E-state index in [4.69, 9.17) is 0 Å². The highest BCUT2D eigenvalue weighted by Crippen LogP contribution is 2.18. The van der Waals surface area contributed by atoms with Crippen LogP contribution < -0.4 is 5.32 Å². The quantitative estimate of drug-likeness (QED) is 0.870. The topological polar surface area (TPSA) is 24.9 Å². The number of hydrogen-bond acceptors (Lipinski definition) is 3. The van der Waals surface area contributed by atoms with Crippen molar-refractivity contribution >= 4 is 11.3 Å². The van der Waals surface area contributed by atoms with Gasteiger partial charge in [-0.3, -0.25) is 0 Å². The van der Waals surface area contributed by atoms with Crippen LogP contribution in [-0.2, 0) is 12.8 Å². The van der Waals surface area contributed by atoms with Crippen LogP contribution in [-0.4, -0.2) is 17.1 Å². The van der Waals surface area contributed by atoms with Gasteiger partial charge >= 0.3 is 0 Å². The zero-order valence-electron chi connectivity index (χ0n) is 12.9. The van der Waals surface area contributed by atoms with E-state index >= 15 is 0 Å². The van der Waals surface area contributed by atoms with Crippen LogP contribution in [0.2, 0.25) is 0 Å². The molecule has 0 saturated heterocycles. The van der Waals surface area contributed by atoms with Crippen molar-refractivity contribution in [2.75, 3.05) is 6.54 Å². The molecule has 1 N–H and O–H groups in total. The van der Waals surface area contributed by atoms with Crippen LogP contribution in [0.1, 0.15) is 31.3 Å². The molecule has 1 heterocycles. The summed E-state index contributed by atoms with van der Waals surface area (Å²) in [5.74, 6) is 0.227. The number of aromatic nitrogens is 1. The average molecular weight is 306 g/mol. The van der Waals surface area contributed by atoms with Gasteiger partial charge in [0.2, 0.25) is 0 Å². The third-order valence-electron chi connectivity index (χ3n) is 3.33. The molecule has 0 fully saturated rings. The number of hydrogen-bond donors (Lipinski definition) is 1. The summed E-state index contributed by atoms with van der Waals surface area (Å²) in [7, 11) is 0. The van der Waals surface area contributed by atoms with Gasteiger partial charge in [0.15, 0.2) is 0 Å². The highest BCUT2D eigenvalue weighted by Gasteiger charge is 2.17. The van der Waals surface area contributed by atoms with Crippen molar-refractivity contribution in [2.45, 2.75) is 39.2 Å². The second-order valence-electron chi connectivity index (χ2n) is 6.42. The first-order valence-electron chi connectivity index (χ1n) is 7.31. The Morgan fingerprint density at radius 3 is 2.62 bits per heavy atom. The molecule has 21 heavy (non-hydrogen) atoms. The van der Waals surface area contributed by atoms with Gasteiger partial charge in [0.25, 0.3) is 0 Å². The van der Waals surface area contributed by atoms with Gasteiger partial charge in [-0.1, -0.05) is 18.2 Å². The number of thiazole rings is 1. The molecule has 1 atom stereocenters. The van der Waals surface area contributed by atoms with Crippen LogP contribution in [0, 0.1) is 11.7 Å². The van der Waals surface area contributed by atoms with Gasteiger partial charge in [-0.05, 0) is 51.3 Å². The van der Waals surface area contributed by atoms with Crippen molar-refractivity contribution in [1.82, 2.24) is 10.3 Å². The van der Waals surface area contributed by atoms with Crippen LogP contribution in [0.5, 0.6) is 0 Å². The summed E-state index contributed by atoms with van der Waals surface area (Å²) in [6.07, 6.45) is 3.45. The van der Waals surface area contributed by atoms with E-state index in [9.17, 15) is 4.39 Å². The molecule has 0 radical (unpaired) electrons. The molecule has 4 heteroatoms. The van der Waals surface area contributed by atoms with E-state index in [0.717, 1.165) is 30.0 Å². The molecular weight excluding hydrogens is 283 g/mol. The Morgan fingerprint density at radius 2 is 2.00 bits per heavy atom. The van der Waals surface area contributed by atoms with Gasteiger partial charge in [-0.2, -0.15) is 0 Å². The minimum absolute atomic E-state index is 0.0658. The summed E-state index contributed by atoms with van der Waals surface area (Å²) in [4.78, 5) is 4.36. The van der Waals surface area contributed by atoms with Crippen LogP contribution >= 0.6 is 11.3 Å². The number of rotatable bonds is 6. The van der Waals surface area contributed by atoms with E-state index < -0.39 is 0 Å². The molecular formula is C17H23FN2S. The van der Waals surface area contributed by atoms with Crippen molar-refractivity contribution in [3.63, 3.8) is 0 Å². The van der Waals surface area contributed by atoms with Gasteiger partial charge in [-0.25, -0.2) is 9.37 Å². The third-order valence-corrected chi connectivity index (χ3v) is 4.14. The van der Waals surface area contributed by atoms with Crippen molar-refractivity contribution in [3.05, 3.63) is 52.2 Å². The van der Waals surface area contributed by atoms with Crippen molar-refractivity contribution in [2.24, 2.45) is 5.92 Å². The summed E-state index contributed by atoms with van der Waals surface area (Å²) >= 11 is 1.67. The fraction of sp³-hybridized carbons (Fsp3) is 0.471. The Morgan fingerprint density at radius 1 is 1.24 bits per heavy atom. The summed E-state index contributed by atoms with van der Waals surface area (Å²) in [5, 5.41) is 6.64. The van der Waals surface area contributed by atoms with Gasteiger partial charge in [0.1, 0.15) is 5.82 Å². The van der Waals surface area contributed by atoms with E-state index in [-0.39, 0.29) is 11.4 Å². The molecule has 2 nitrogen and oxygen atoms in total. The Hall–Kier alpha value is -1.26. The highest BCUT2D eigenvalue weighted by molar-refractivity contribution is 7.09. The lowest BCUT2D eigenvalue weighted by atomic mass is 9.95. The fourth-order valence-corrected chi connectivity index (χ4v) is 2.98. The van der Waals surface area contributed by atoms with Gasteiger partial charge < -0.3 is 5.32 Å². The molecule has 0 saturated carbocycles. The minimum atomic E-state index is -0.114. The van der Waals surface area contributed by atoms with Gasteiger partial charge in [-0.15, -0.1) is 11.3 Å². The maximum Gasteiger partial charge on any atom is 0.126 e. The maximum atomic E-state index is 13.9. The van der Waals surface area contributed by atoms with Crippen LogP contribution in [0.3, 0.4) is 0 Å². The molecule has 0 bridgehead atoms. The second kappa shape index (κ2) is 7.14. The molecule has 0 aliphatic heterocycles. The first-order valence-corrected chi connectivity index (χ1v) is 8.19. The Balaban J connectivity index is 2.06. The first kappa shape index (κ1) is 16.1. The second-order valence-corrected chi connectivity index (χ2v) is 7.40. The Labute approximate surface area is 130 Å². The lowest BCUT2D eigenvalue weighted by Gasteiger charge is -2.25. The maximum absolute atomic E-state index is 13.9. The summed E-state index contributed by atoms with van der Waals surface area (Å²) in [6.45, 7) is 7.31. The number of halogens is 1. The number of nitrogens with zero attached hydrogens (tertiary/aromatic N) is 1. The molecule has 2 rings (SSSR count). The predicted octanol–water partition coefficient (Wildman–Crippen LogP) is 4.07. The van der Waals surface area contributed by atoms with E-state index in [2.05, 4.69) is 31.1 Å². The number of benzene rings is 1. The minimum Gasteiger partial charge on any atom is -0.312 e. The largest absolute Gasteiger partial charge is 0.312 e. The smallest absolute Gasteiger partial charge is 0.126 e. The van der Waals surface area contributed by atoms with Crippen LogP contribution in [0.25, 0.3) is 0 Å². The highest BCUT2D eigenvalue weighted by atomic mass is 32.1. The molecule has 0 aliphatic carbocycles. The van der Waals surface area contributed by atoms with Gasteiger partial charge in [0, 0.05) is 23.5 Å². The molecule has 2 aromatic rings. The third kappa shape index (κ3) is 5.56. The normalized spacial score (nSPS) is 13.3. The standard InChI is InChI=1S/C17H23FN2S/c1-17(2,3)20-12-13(11-16-19-8-9-21-16)10-14-6-4-5-7-15(14)18/h4-9,13,20H,10-12H2,1-3H3. The molecule has 1 aromatic heterocycles. The monoisotopic (exact) mass is 306 g/mol. The zero-order chi connectivity index (χ0) is 15.3. The zero-order valence-corrected chi connectivity index (χ0v) is 13.7. The summed E-state index contributed by atoms with van der Waals surface area (Å²) in [6, 6.07) is 7.05. The Kier molecular flexibility index (Phi) is 5.48. The van der Waals surface area contributed by atoms with E-state index in [1.165, 1.54) is 6.07 Å². The molecule has 1 unspecified atom stereocenters. The number of nitrogens with one attached hydrogen (secondary N) is 1. The first-order chi connectivity index (χ1) is 9.94. The lowest BCUT2D eigenvalue weighted by molar-refractivity contribution is 0.364. The molecule has 0 amide bonds. The summed E-state index contributed by atoms with van der Waals surface area (Å²) < 4.78 is 13.9. The summed E-state index contributed by atoms with van der Waals surface area (Å²) in [5.41, 5.74) is 0.853. The molecule has 0 aliphatic rings. The molecule has 1 aromatic carbocycles. The van der Waals surface area contributed by atoms with Crippen molar-refractivity contribution < 1.29 is 4.39 Å². The fourth-order valence-electron chi connectivity index (χ4n) is 2.24. The van der Waals surface area contributed by atoms with Crippen LogP contribution in [0.15, 0.2) is 35.8 Å². The average Bonchev–Trinajstić information content (AvgIpc) is 2.90. The van der Waals surface area contributed by atoms with E-state index in [0.29, 0.717) is 5.92 Å². The van der Waals surface area contributed by atoms with Crippen molar-refractivity contribution in [1.29, 1.82) is 0 Å². The predicted molar refractivity (Wildman–Crippen MR) is 87.2 cm³/mol.